The van der Waals surface area contributed by atoms with Crippen LogP contribution in [0.1, 0.15) is 46.1 Å². The molecule has 0 aliphatic heterocycles. The number of ether oxygens (including phenoxy) is 2. The molecule has 5 heteroatoms. The van der Waals surface area contributed by atoms with Gasteiger partial charge in [0.05, 0.1) is 13.0 Å². The van der Waals surface area contributed by atoms with E-state index < -0.39 is 11.7 Å². The van der Waals surface area contributed by atoms with E-state index in [-0.39, 0.29) is 18.4 Å². The number of nitrogens with one attached hydrogen (secondary N) is 1. The van der Waals surface area contributed by atoms with Gasteiger partial charge in [0.25, 0.3) is 0 Å². The molecule has 2 rings (SSSR count). The predicted molar refractivity (Wildman–Crippen MR) is 107 cm³/mol. The summed E-state index contributed by atoms with van der Waals surface area (Å²) in [7, 11) is 0. The summed E-state index contributed by atoms with van der Waals surface area (Å²) >= 11 is 0. The zero-order chi connectivity index (χ0) is 19.9. The largest absolute Gasteiger partial charge is 0.466 e. The van der Waals surface area contributed by atoms with Crippen molar-refractivity contribution in [2.45, 2.75) is 58.6 Å². The van der Waals surface area contributed by atoms with Gasteiger partial charge in [-0.2, -0.15) is 0 Å². The van der Waals surface area contributed by atoms with Crippen molar-refractivity contribution in [3.05, 3.63) is 48.0 Å². The van der Waals surface area contributed by atoms with Crippen LogP contribution in [0, 0.1) is 0 Å². The molecule has 0 aromatic heterocycles. The summed E-state index contributed by atoms with van der Waals surface area (Å²) in [5.74, 6) is -0.322. The van der Waals surface area contributed by atoms with Gasteiger partial charge in [0.15, 0.2) is 0 Å². The number of alkyl carbamates (subject to hydrolysis) is 1. The van der Waals surface area contributed by atoms with Crippen LogP contribution in [0.2, 0.25) is 0 Å². The Morgan fingerprint density at radius 1 is 1.07 bits per heavy atom. The first-order valence-corrected chi connectivity index (χ1v) is 9.39. The average molecular weight is 371 g/mol. The van der Waals surface area contributed by atoms with Crippen molar-refractivity contribution in [2.75, 3.05) is 6.61 Å². The Kier molecular flexibility index (Phi) is 7.22. The highest BCUT2D eigenvalue weighted by Gasteiger charge is 2.21. The van der Waals surface area contributed by atoms with Crippen LogP contribution in [0.5, 0.6) is 0 Å². The molecule has 1 N–H and O–H groups in total. The van der Waals surface area contributed by atoms with E-state index in [4.69, 9.17) is 9.47 Å². The second kappa shape index (κ2) is 9.40. The van der Waals surface area contributed by atoms with Gasteiger partial charge in [0, 0.05) is 6.04 Å². The minimum atomic E-state index is -0.586. The molecule has 27 heavy (non-hydrogen) atoms. The number of benzene rings is 2. The quantitative estimate of drug-likeness (QED) is 0.721. The first-order valence-electron chi connectivity index (χ1n) is 9.39. The SMILES string of the molecule is CCOC(=O)CC(CCc1ccc2ccccc2c1)NC(=O)OC(C)(C)C. The van der Waals surface area contributed by atoms with Crippen molar-refractivity contribution < 1.29 is 19.1 Å². The minimum absolute atomic E-state index is 0.126. The Morgan fingerprint density at radius 3 is 2.44 bits per heavy atom. The second-order valence-electron chi connectivity index (χ2n) is 7.57. The lowest BCUT2D eigenvalue weighted by molar-refractivity contribution is -0.143. The molecule has 0 bridgehead atoms. The van der Waals surface area contributed by atoms with E-state index in [9.17, 15) is 9.59 Å². The molecule has 0 aliphatic rings. The van der Waals surface area contributed by atoms with Crippen LogP contribution in [-0.4, -0.2) is 30.3 Å². The molecule has 1 unspecified atom stereocenters. The Bertz CT molecular complexity index is 779. The molecule has 2 aromatic rings. The van der Waals surface area contributed by atoms with Crippen molar-refractivity contribution in [2.24, 2.45) is 0 Å². The van der Waals surface area contributed by atoms with Gasteiger partial charge in [-0.3, -0.25) is 4.79 Å². The van der Waals surface area contributed by atoms with E-state index in [0.717, 1.165) is 12.0 Å². The predicted octanol–water partition coefficient (Wildman–Crippen LogP) is 4.62. The molecule has 0 spiro atoms. The van der Waals surface area contributed by atoms with Crippen LogP contribution < -0.4 is 5.32 Å². The van der Waals surface area contributed by atoms with Crippen LogP contribution in [0.25, 0.3) is 10.8 Å². The first kappa shape index (κ1) is 20.7. The van der Waals surface area contributed by atoms with Gasteiger partial charge < -0.3 is 14.8 Å². The number of fused-ring (bicyclic) bond motifs is 1. The lowest BCUT2D eigenvalue weighted by Gasteiger charge is -2.23. The van der Waals surface area contributed by atoms with Crippen LogP contribution >= 0.6 is 0 Å². The van der Waals surface area contributed by atoms with Gasteiger partial charge in [0.2, 0.25) is 0 Å². The average Bonchev–Trinajstić information content (AvgIpc) is 2.58. The van der Waals surface area contributed by atoms with Gasteiger partial charge in [-0.1, -0.05) is 42.5 Å². The summed E-state index contributed by atoms with van der Waals surface area (Å²) in [6.45, 7) is 7.51. The molecule has 0 aliphatic carbocycles. The summed E-state index contributed by atoms with van der Waals surface area (Å²) < 4.78 is 10.4. The highest BCUT2D eigenvalue weighted by Crippen LogP contribution is 2.18. The normalized spacial score (nSPS) is 12.4. The fourth-order valence-electron chi connectivity index (χ4n) is 2.86. The third-order valence-corrected chi connectivity index (χ3v) is 4.03. The fraction of sp³-hybridized carbons (Fsp3) is 0.455. The Morgan fingerprint density at radius 2 is 1.78 bits per heavy atom. The Balaban J connectivity index is 2.02. The molecular formula is C22H29NO4. The Labute approximate surface area is 161 Å². The number of amides is 1. The number of aryl methyl sites for hydroxylation is 1. The molecular weight excluding hydrogens is 342 g/mol. The standard InChI is InChI=1S/C22H29NO4/c1-5-26-20(24)15-19(23-21(25)27-22(2,3)4)13-11-16-10-12-17-8-6-7-9-18(17)14-16/h6-10,12,14,19H,5,11,13,15H2,1-4H3,(H,23,25). The molecule has 1 amide bonds. The maximum Gasteiger partial charge on any atom is 0.407 e. The monoisotopic (exact) mass is 371 g/mol. The van der Waals surface area contributed by atoms with Gasteiger partial charge >= 0.3 is 12.1 Å². The van der Waals surface area contributed by atoms with Gasteiger partial charge in [0.1, 0.15) is 5.60 Å². The number of esters is 1. The molecule has 0 saturated carbocycles. The molecule has 0 saturated heterocycles. The molecule has 1 atom stereocenters. The minimum Gasteiger partial charge on any atom is -0.466 e. The van der Waals surface area contributed by atoms with Gasteiger partial charge in [-0.25, -0.2) is 4.79 Å². The molecule has 0 radical (unpaired) electrons. The summed E-state index contributed by atoms with van der Waals surface area (Å²) in [4.78, 5) is 24.0. The van der Waals surface area contributed by atoms with Crippen molar-refractivity contribution in [3.8, 4) is 0 Å². The van der Waals surface area contributed by atoms with Gasteiger partial charge in [-0.15, -0.1) is 0 Å². The highest BCUT2D eigenvalue weighted by atomic mass is 16.6. The fourth-order valence-corrected chi connectivity index (χ4v) is 2.86. The molecule has 5 nitrogen and oxygen atoms in total. The van der Waals surface area contributed by atoms with Crippen molar-refractivity contribution in [1.82, 2.24) is 5.32 Å². The van der Waals surface area contributed by atoms with Crippen molar-refractivity contribution in [1.29, 1.82) is 0 Å². The van der Waals surface area contributed by atoms with Gasteiger partial charge in [-0.05, 0) is 56.9 Å². The molecule has 0 heterocycles. The highest BCUT2D eigenvalue weighted by molar-refractivity contribution is 5.83. The summed E-state index contributed by atoms with van der Waals surface area (Å²) in [5, 5.41) is 5.18. The third-order valence-electron chi connectivity index (χ3n) is 4.03. The maximum atomic E-state index is 12.1. The number of carbonyl (C=O) groups is 2. The number of rotatable bonds is 7. The topological polar surface area (TPSA) is 64.6 Å². The van der Waals surface area contributed by atoms with Crippen LogP contribution in [0.3, 0.4) is 0 Å². The summed E-state index contributed by atoms with van der Waals surface area (Å²) in [5.41, 5.74) is 0.574. The third kappa shape index (κ3) is 7.29. The van der Waals surface area contributed by atoms with Crippen molar-refractivity contribution >= 4 is 22.8 Å². The zero-order valence-electron chi connectivity index (χ0n) is 16.6. The van der Waals surface area contributed by atoms with E-state index in [1.54, 1.807) is 6.92 Å². The second-order valence-corrected chi connectivity index (χ2v) is 7.57. The Hall–Kier alpha value is -2.56. The summed E-state index contributed by atoms with van der Waals surface area (Å²) in [6, 6.07) is 14.2. The van der Waals surface area contributed by atoms with Crippen LogP contribution in [0.15, 0.2) is 42.5 Å². The smallest absolute Gasteiger partial charge is 0.407 e. The lowest BCUT2D eigenvalue weighted by atomic mass is 10.0. The first-order chi connectivity index (χ1) is 12.8. The number of hydrogen-bond donors (Lipinski definition) is 1. The zero-order valence-corrected chi connectivity index (χ0v) is 16.6. The van der Waals surface area contributed by atoms with Crippen molar-refractivity contribution in [3.63, 3.8) is 0 Å². The van der Waals surface area contributed by atoms with E-state index in [1.807, 2.05) is 32.9 Å². The van der Waals surface area contributed by atoms with Crippen LogP contribution in [-0.2, 0) is 20.7 Å². The lowest BCUT2D eigenvalue weighted by Crippen LogP contribution is -2.40. The van der Waals surface area contributed by atoms with E-state index in [2.05, 4.69) is 35.6 Å². The van der Waals surface area contributed by atoms with E-state index in [1.165, 1.54) is 10.8 Å². The molecule has 146 valence electrons. The number of carbonyl (C=O) groups excluding carboxylic acids is 2. The maximum absolute atomic E-state index is 12.1. The van der Waals surface area contributed by atoms with E-state index in [0.29, 0.717) is 13.0 Å². The molecule has 2 aromatic carbocycles. The van der Waals surface area contributed by atoms with E-state index >= 15 is 0 Å². The molecule has 0 fully saturated rings. The summed E-state index contributed by atoms with van der Waals surface area (Å²) in [6.07, 6.45) is 0.970. The van der Waals surface area contributed by atoms with Crippen LogP contribution in [0.4, 0.5) is 4.79 Å². The number of hydrogen-bond acceptors (Lipinski definition) is 4.